The topological polar surface area (TPSA) is 26.3 Å². The number of ketones is 1. The minimum absolute atomic E-state index is 0.117. The first-order chi connectivity index (χ1) is 6.60. The highest BCUT2D eigenvalue weighted by atomic mass is 35.5. The smallest absolute Gasteiger partial charge is 0.181 e. The lowest BCUT2D eigenvalue weighted by Gasteiger charge is -2.07. The number of ether oxygens (including phenoxy) is 1. The highest BCUT2D eigenvalue weighted by molar-refractivity contribution is 6.42. The van der Waals surface area contributed by atoms with Crippen LogP contribution in [0.5, 0.6) is 5.75 Å². The molecule has 14 heavy (non-hydrogen) atoms. The molecule has 1 rings (SSSR count). The van der Waals surface area contributed by atoms with Crippen LogP contribution in [0, 0.1) is 0 Å². The van der Waals surface area contributed by atoms with Gasteiger partial charge in [0, 0.05) is 6.07 Å². The molecule has 0 unspecified atom stereocenters. The number of Topliss-reactive ketones (excluding diaryl/α,β-unsaturated/α-hetero) is 1. The second-order valence-corrected chi connectivity index (χ2v) is 3.61. The highest BCUT2D eigenvalue weighted by Gasteiger charge is 2.13. The number of carbonyl (C=O) groups excluding carboxylic acids is 1. The van der Waals surface area contributed by atoms with Gasteiger partial charge in [-0.3, -0.25) is 4.79 Å². The zero-order valence-corrected chi connectivity index (χ0v) is 9.58. The lowest BCUT2D eigenvalue weighted by molar-refractivity contribution is 0.101. The zero-order valence-electron chi connectivity index (χ0n) is 7.31. The summed E-state index contributed by atoms with van der Waals surface area (Å²) in [5, 5.41) is 0.649. The van der Waals surface area contributed by atoms with E-state index in [1.54, 1.807) is 0 Å². The Hall–Kier alpha value is -0.440. The number of rotatable bonds is 3. The van der Waals surface area contributed by atoms with E-state index in [0.717, 1.165) is 0 Å². The predicted molar refractivity (Wildman–Crippen MR) is 58.1 cm³/mol. The van der Waals surface area contributed by atoms with Gasteiger partial charge in [-0.2, -0.15) is 0 Å². The Labute approximate surface area is 96.7 Å². The van der Waals surface area contributed by atoms with Crippen LogP contribution in [0.15, 0.2) is 12.1 Å². The molecule has 0 saturated heterocycles. The van der Waals surface area contributed by atoms with Crippen molar-refractivity contribution in [2.45, 2.75) is 0 Å². The summed E-state index contributed by atoms with van der Waals surface area (Å²) in [6, 6.07) is 2.94. The van der Waals surface area contributed by atoms with Gasteiger partial charge in [0.05, 0.1) is 28.6 Å². The SMILES string of the molecule is COc1cc(Cl)c(Cl)cc1C(=O)CCl. The molecular formula is C9H7Cl3O2. The van der Waals surface area contributed by atoms with E-state index in [9.17, 15) is 4.79 Å². The lowest BCUT2D eigenvalue weighted by Crippen LogP contribution is -2.03. The Bertz CT molecular complexity index is 363. The third-order valence-electron chi connectivity index (χ3n) is 1.66. The van der Waals surface area contributed by atoms with Crippen molar-refractivity contribution >= 4 is 40.6 Å². The maximum atomic E-state index is 11.3. The Morgan fingerprint density at radius 1 is 1.36 bits per heavy atom. The molecule has 1 aromatic rings. The minimum atomic E-state index is -0.248. The molecule has 0 amide bonds. The molecule has 0 aromatic heterocycles. The number of halogens is 3. The van der Waals surface area contributed by atoms with Crippen LogP contribution in [0.1, 0.15) is 10.4 Å². The van der Waals surface area contributed by atoms with Gasteiger partial charge in [0.15, 0.2) is 5.78 Å². The van der Waals surface area contributed by atoms with Crippen LogP contribution in [-0.2, 0) is 0 Å². The van der Waals surface area contributed by atoms with Crippen LogP contribution in [-0.4, -0.2) is 18.8 Å². The Morgan fingerprint density at radius 3 is 2.43 bits per heavy atom. The summed E-state index contributed by atoms with van der Waals surface area (Å²) >= 11 is 16.9. The van der Waals surface area contributed by atoms with Gasteiger partial charge >= 0.3 is 0 Å². The third kappa shape index (κ3) is 2.32. The molecule has 5 heteroatoms. The van der Waals surface area contributed by atoms with E-state index >= 15 is 0 Å². The van der Waals surface area contributed by atoms with E-state index in [2.05, 4.69) is 0 Å². The Balaban J connectivity index is 3.27. The maximum Gasteiger partial charge on any atom is 0.181 e. The van der Waals surface area contributed by atoms with Crippen molar-refractivity contribution in [3.63, 3.8) is 0 Å². The monoisotopic (exact) mass is 252 g/mol. The van der Waals surface area contributed by atoms with Crippen LogP contribution >= 0.6 is 34.8 Å². The van der Waals surface area contributed by atoms with Crippen LogP contribution in [0.25, 0.3) is 0 Å². The molecule has 0 fully saturated rings. The van der Waals surface area contributed by atoms with Crippen molar-refractivity contribution in [3.05, 3.63) is 27.7 Å². The number of hydrogen-bond acceptors (Lipinski definition) is 2. The molecule has 0 saturated carbocycles. The fraction of sp³-hybridized carbons (Fsp3) is 0.222. The third-order valence-corrected chi connectivity index (χ3v) is 2.63. The van der Waals surface area contributed by atoms with Crippen molar-refractivity contribution in [1.82, 2.24) is 0 Å². The zero-order chi connectivity index (χ0) is 10.7. The van der Waals surface area contributed by atoms with Gasteiger partial charge in [0.2, 0.25) is 0 Å². The normalized spacial score (nSPS) is 10.0. The van der Waals surface area contributed by atoms with Crippen LogP contribution in [0.3, 0.4) is 0 Å². The van der Waals surface area contributed by atoms with Gasteiger partial charge in [-0.05, 0) is 6.07 Å². The first-order valence-corrected chi connectivity index (χ1v) is 5.01. The largest absolute Gasteiger partial charge is 0.496 e. The van der Waals surface area contributed by atoms with E-state index < -0.39 is 0 Å². The van der Waals surface area contributed by atoms with E-state index in [1.165, 1.54) is 19.2 Å². The van der Waals surface area contributed by atoms with Gasteiger partial charge in [-0.1, -0.05) is 23.2 Å². The molecule has 0 heterocycles. The molecule has 0 aliphatic heterocycles. The average Bonchev–Trinajstić information content (AvgIpc) is 2.20. The molecule has 2 nitrogen and oxygen atoms in total. The van der Waals surface area contributed by atoms with Gasteiger partial charge in [-0.15, -0.1) is 11.6 Å². The first kappa shape index (κ1) is 11.6. The molecule has 0 N–H and O–H groups in total. The van der Waals surface area contributed by atoms with E-state index in [1.807, 2.05) is 0 Å². The fourth-order valence-corrected chi connectivity index (χ4v) is 1.45. The van der Waals surface area contributed by atoms with Crippen molar-refractivity contribution in [3.8, 4) is 5.75 Å². The van der Waals surface area contributed by atoms with Crippen molar-refractivity contribution in [2.75, 3.05) is 13.0 Å². The number of methoxy groups -OCH3 is 1. The second-order valence-electron chi connectivity index (χ2n) is 2.52. The number of benzene rings is 1. The van der Waals surface area contributed by atoms with Crippen molar-refractivity contribution < 1.29 is 9.53 Å². The van der Waals surface area contributed by atoms with Crippen molar-refractivity contribution in [2.24, 2.45) is 0 Å². The Kier molecular flexibility index (Phi) is 4.05. The quantitative estimate of drug-likeness (QED) is 0.609. The highest BCUT2D eigenvalue weighted by Crippen LogP contribution is 2.30. The van der Waals surface area contributed by atoms with Gasteiger partial charge in [-0.25, -0.2) is 0 Å². The molecule has 0 bridgehead atoms. The number of alkyl halides is 1. The van der Waals surface area contributed by atoms with Crippen LogP contribution in [0.4, 0.5) is 0 Å². The summed E-state index contributed by atoms with van der Waals surface area (Å²) in [6.07, 6.45) is 0. The number of carbonyl (C=O) groups is 1. The standard InChI is InChI=1S/C9H7Cl3O2/c1-14-9-3-7(12)6(11)2-5(9)8(13)4-10/h2-3H,4H2,1H3. The lowest BCUT2D eigenvalue weighted by atomic mass is 10.1. The van der Waals surface area contributed by atoms with Gasteiger partial charge in [0.25, 0.3) is 0 Å². The predicted octanol–water partition coefficient (Wildman–Crippen LogP) is 3.42. The molecule has 0 radical (unpaired) electrons. The van der Waals surface area contributed by atoms with Crippen LogP contribution in [0.2, 0.25) is 10.0 Å². The minimum Gasteiger partial charge on any atom is -0.496 e. The van der Waals surface area contributed by atoms with E-state index in [-0.39, 0.29) is 11.7 Å². The summed E-state index contributed by atoms with van der Waals surface area (Å²) in [6.45, 7) is 0. The maximum absolute atomic E-state index is 11.3. The average molecular weight is 254 g/mol. The molecular weight excluding hydrogens is 246 g/mol. The molecule has 0 aliphatic carbocycles. The van der Waals surface area contributed by atoms with Gasteiger partial charge in [0.1, 0.15) is 5.75 Å². The fourth-order valence-electron chi connectivity index (χ4n) is 0.987. The second kappa shape index (κ2) is 4.87. The summed E-state index contributed by atoms with van der Waals surface area (Å²) in [7, 11) is 1.45. The van der Waals surface area contributed by atoms with Gasteiger partial charge < -0.3 is 4.74 Å². The van der Waals surface area contributed by atoms with Crippen molar-refractivity contribution in [1.29, 1.82) is 0 Å². The molecule has 0 aliphatic rings. The summed E-state index contributed by atoms with van der Waals surface area (Å²) in [4.78, 5) is 11.3. The molecule has 0 atom stereocenters. The molecule has 76 valence electrons. The summed E-state index contributed by atoms with van der Waals surface area (Å²) < 4.78 is 4.98. The summed E-state index contributed by atoms with van der Waals surface area (Å²) in [5.41, 5.74) is 0.344. The number of hydrogen-bond donors (Lipinski definition) is 0. The Morgan fingerprint density at radius 2 is 1.93 bits per heavy atom. The van der Waals surface area contributed by atoms with Crippen LogP contribution < -0.4 is 4.74 Å². The molecule has 0 spiro atoms. The molecule has 1 aromatic carbocycles. The van der Waals surface area contributed by atoms with E-state index in [4.69, 9.17) is 39.5 Å². The summed E-state index contributed by atoms with van der Waals surface area (Å²) in [5.74, 6) is 0.0149. The van der Waals surface area contributed by atoms with E-state index in [0.29, 0.717) is 21.4 Å². The first-order valence-electron chi connectivity index (χ1n) is 3.72.